The van der Waals surface area contributed by atoms with Gasteiger partial charge in [-0.3, -0.25) is 14.5 Å². The van der Waals surface area contributed by atoms with Crippen LogP contribution in [0.5, 0.6) is 0 Å². The lowest BCUT2D eigenvalue weighted by atomic mass is 9.90. The van der Waals surface area contributed by atoms with E-state index in [9.17, 15) is 18.0 Å². The number of carbonyl (C=O) groups is 1. The Bertz CT molecular complexity index is 1110. The van der Waals surface area contributed by atoms with E-state index < -0.39 is 11.7 Å². The predicted molar refractivity (Wildman–Crippen MR) is 117 cm³/mol. The number of carbonyl (C=O) groups excluding carboxylic acids is 1. The number of rotatable bonds is 7. The summed E-state index contributed by atoms with van der Waals surface area (Å²) in [5.41, 5.74) is 2.82. The van der Waals surface area contributed by atoms with E-state index in [1.807, 2.05) is 23.7 Å². The van der Waals surface area contributed by atoms with Gasteiger partial charge in [-0.25, -0.2) is 0 Å². The first-order chi connectivity index (χ1) is 15.9. The molecule has 3 aromatic rings. The highest BCUT2D eigenvalue weighted by Gasteiger charge is 2.33. The molecule has 0 radical (unpaired) electrons. The van der Waals surface area contributed by atoms with Crippen LogP contribution in [0.4, 0.5) is 13.2 Å². The summed E-state index contributed by atoms with van der Waals surface area (Å²) >= 11 is 0. The van der Waals surface area contributed by atoms with Crippen molar-refractivity contribution in [3.63, 3.8) is 0 Å². The molecule has 0 fully saturated rings. The summed E-state index contributed by atoms with van der Waals surface area (Å²) in [5, 5.41) is 10.7. The number of nitrogens with one attached hydrogen (secondary N) is 2. The zero-order valence-corrected chi connectivity index (χ0v) is 18.3. The number of amides is 1. The maximum atomic E-state index is 13.3. The van der Waals surface area contributed by atoms with Crippen LogP contribution in [0.25, 0.3) is 0 Å². The molecule has 1 amide bonds. The van der Waals surface area contributed by atoms with E-state index in [-0.39, 0.29) is 24.1 Å². The normalized spacial score (nSPS) is 15.8. The maximum Gasteiger partial charge on any atom is 0.416 e. The fraction of sp³-hybridized carbons (Fsp3) is 0.375. The number of alkyl halides is 3. The molecule has 1 aliphatic rings. The predicted octanol–water partition coefficient (Wildman–Crippen LogP) is 3.89. The van der Waals surface area contributed by atoms with Gasteiger partial charge < -0.3 is 10.6 Å². The molecule has 4 rings (SSSR count). The summed E-state index contributed by atoms with van der Waals surface area (Å²) in [6.07, 6.45) is 0.976. The van der Waals surface area contributed by atoms with Crippen molar-refractivity contribution in [1.82, 2.24) is 25.4 Å². The standard InChI is InChI=1S/C24H26F3N5O/c1-2-32-21-8-7-18(29-15-17-5-3-4-6-20(17)24(25,26)27)13-19(21)22(31-32)23(33)30-14-16-9-11-28-12-10-16/h3-6,9-12,18,29H,2,7-8,13-15H2,1H3,(H,30,33). The van der Waals surface area contributed by atoms with Gasteiger partial charge in [0, 0.05) is 49.3 Å². The van der Waals surface area contributed by atoms with Crippen molar-refractivity contribution < 1.29 is 18.0 Å². The average molecular weight is 458 g/mol. The Kier molecular flexibility index (Phi) is 6.78. The van der Waals surface area contributed by atoms with Crippen LogP contribution in [0.2, 0.25) is 0 Å². The van der Waals surface area contributed by atoms with Crippen molar-refractivity contribution in [2.24, 2.45) is 0 Å². The largest absolute Gasteiger partial charge is 0.416 e. The lowest BCUT2D eigenvalue weighted by molar-refractivity contribution is -0.138. The summed E-state index contributed by atoms with van der Waals surface area (Å²) in [4.78, 5) is 16.9. The third-order valence-electron chi connectivity index (χ3n) is 5.97. The number of hydrogen-bond acceptors (Lipinski definition) is 4. The highest BCUT2D eigenvalue weighted by Crippen LogP contribution is 2.32. The molecule has 1 unspecified atom stereocenters. The molecule has 0 spiro atoms. The second-order valence-electron chi connectivity index (χ2n) is 8.10. The van der Waals surface area contributed by atoms with Crippen molar-refractivity contribution >= 4 is 5.91 Å². The van der Waals surface area contributed by atoms with Gasteiger partial charge in [-0.05, 0) is 55.5 Å². The molecule has 0 bridgehead atoms. The number of benzene rings is 1. The minimum absolute atomic E-state index is 0.0416. The minimum atomic E-state index is -4.39. The fourth-order valence-electron chi connectivity index (χ4n) is 4.28. The fourth-order valence-corrected chi connectivity index (χ4v) is 4.28. The Labute approximate surface area is 190 Å². The third kappa shape index (κ3) is 5.24. The average Bonchev–Trinajstić information content (AvgIpc) is 3.19. The van der Waals surface area contributed by atoms with Crippen LogP contribution in [-0.4, -0.2) is 26.7 Å². The zero-order chi connectivity index (χ0) is 23.4. The maximum absolute atomic E-state index is 13.3. The van der Waals surface area contributed by atoms with Crippen LogP contribution in [0.3, 0.4) is 0 Å². The quantitative estimate of drug-likeness (QED) is 0.565. The monoisotopic (exact) mass is 457 g/mol. The molecule has 1 aromatic carbocycles. The van der Waals surface area contributed by atoms with Gasteiger partial charge in [0.15, 0.2) is 5.69 Å². The summed E-state index contributed by atoms with van der Waals surface area (Å²) in [7, 11) is 0. The van der Waals surface area contributed by atoms with E-state index >= 15 is 0 Å². The molecule has 0 saturated carbocycles. The van der Waals surface area contributed by atoms with Crippen LogP contribution in [-0.2, 0) is 38.7 Å². The Hall–Kier alpha value is -3.20. The van der Waals surface area contributed by atoms with Crippen LogP contribution < -0.4 is 10.6 Å². The lowest BCUT2D eigenvalue weighted by Crippen LogP contribution is -2.35. The van der Waals surface area contributed by atoms with Gasteiger partial charge >= 0.3 is 6.18 Å². The Morgan fingerprint density at radius 3 is 2.64 bits per heavy atom. The second kappa shape index (κ2) is 9.74. The molecular weight excluding hydrogens is 431 g/mol. The first kappa shape index (κ1) is 23.0. The van der Waals surface area contributed by atoms with Gasteiger partial charge in [0.05, 0.1) is 5.56 Å². The number of aromatic nitrogens is 3. The molecule has 1 aliphatic carbocycles. The number of fused-ring (bicyclic) bond motifs is 1. The number of nitrogens with zero attached hydrogens (tertiary/aromatic N) is 3. The van der Waals surface area contributed by atoms with Crippen LogP contribution in [0, 0.1) is 0 Å². The van der Waals surface area contributed by atoms with Crippen LogP contribution >= 0.6 is 0 Å². The molecule has 1 atom stereocenters. The first-order valence-corrected chi connectivity index (χ1v) is 11.0. The van der Waals surface area contributed by atoms with E-state index in [1.165, 1.54) is 12.1 Å². The lowest BCUT2D eigenvalue weighted by Gasteiger charge is -2.25. The molecule has 6 nitrogen and oxygen atoms in total. The van der Waals surface area contributed by atoms with Gasteiger partial charge in [-0.2, -0.15) is 18.3 Å². The number of hydrogen-bond donors (Lipinski definition) is 2. The Morgan fingerprint density at radius 2 is 1.91 bits per heavy atom. The van der Waals surface area contributed by atoms with Gasteiger partial charge in [0.2, 0.25) is 0 Å². The Balaban J connectivity index is 1.47. The highest BCUT2D eigenvalue weighted by molar-refractivity contribution is 5.94. The summed E-state index contributed by atoms with van der Waals surface area (Å²) in [5.74, 6) is -0.252. The van der Waals surface area contributed by atoms with Crippen molar-refractivity contribution in [2.45, 2.75) is 58.0 Å². The molecular formula is C24H26F3N5O. The van der Waals surface area contributed by atoms with Gasteiger partial charge in [0.1, 0.15) is 0 Å². The summed E-state index contributed by atoms with van der Waals surface area (Å²) < 4.78 is 41.8. The van der Waals surface area contributed by atoms with Crippen molar-refractivity contribution in [3.05, 3.63) is 82.4 Å². The van der Waals surface area contributed by atoms with Crippen LogP contribution in [0.15, 0.2) is 48.8 Å². The van der Waals surface area contributed by atoms with E-state index in [4.69, 9.17) is 0 Å². The van der Waals surface area contributed by atoms with Crippen molar-refractivity contribution in [2.75, 3.05) is 0 Å². The smallest absolute Gasteiger partial charge is 0.347 e. The zero-order valence-electron chi connectivity index (χ0n) is 18.3. The molecule has 9 heteroatoms. The first-order valence-electron chi connectivity index (χ1n) is 11.0. The van der Waals surface area contributed by atoms with E-state index in [0.717, 1.165) is 29.3 Å². The topological polar surface area (TPSA) is 71.8 Å². The van der Waals surface area contributed by atoms with Gasteiger partial charge in [-0.15, -0.1) is 0 Å². The van der Waals surface area contributed by atoms with Gasteiger partial charge in [0.25, 0.3) is 5.91 Å². The van der Waals surface area contributed by atoms with E-state index in [1.54, 1.807) is 18.5 Å². The number of aryl methyl sites for hydroxylation is 1. The summed E-state index contributed by atoms with van der Waals surface area (Å²) in [6.45, 7) is 3.10. The SMILES string of the molecule is CCn1nc(C(=O)NCc2ccncc2)c2c1CCC(NCc1ccccc1C(F)(F)F)C2. The van der Waals surface area contributed by atoms with Crippen molar-refractivity contribution in [3.8, 4) is 0 Å². The van der Waals surface area contributed by atoms with Crippen molar-refractivity contribution in [1.29, 1.82) is 0 Å². The number of halogens is 3. The summed E-state index contributed by atoms with van der Waals surface area (Å²) in [6, 6.07) is 9.24. The Morgan fingerprint density at radius 1 is 1.15 bits per heavy atom. The van der Waals surface area contributed by atoms with E-state index in [2.05, 4.69) is 20.7 Å². The molecule has 33 heavy (non-hydrogen) atoms. The van der Waals surface area contributed by atoms with E-state index in [0.29, 0.717) is 31.6 Å². The molecule has 2 heterocycles. The van der Waals surface area contributed by atoms with Crippen LogP contribution in [0.1, 0.15) is 51.8 Å². The molecule has 174 valence electrons. The number of pyridine rings is 1. The molecule has 0 aliphatic heterocycles. The molecule has 2 aromatic heterocycles. The highest BCUT2D eigenvalue weighted by atomic mass is 19.4. The molecule has 2 N–H and O–H groups in total. The molecule has 0 saturated heterocycles. The van der Waals surface area contributed by atoms with Gasteiger partial charge in [-0.1, -0.05) is 18.2 Å². The third-order valence-corrected chi connectivity index (χ3v) is 5.97. The second-order valence-corrected chi connectivity index (χ2v) is 8.10. The minimum Gasteiger partial charge on any atom is -0.347 e.